The predicted molar refractivity (Wildman–Crippen MR) is 92.5 cm³/mol. The summed E-state index contributed by atoms with van der Waals surface area (Å²) in [6.07, 6.45) is 2.64. The highest BCUT2D eigenvalue weighted by Crippen LogP contribution is 2.20. The van der Waals surface area contributed by atoms with Crippen molar-refractivity contribution in [2.24, 2.45) is 7.05 Å². The van der Waals surface area contributed by atoms with Crippen LogP contribution in [0.15, 0.2) is 23.4 Å². The Kier molecular flexibility index (Phi) is 5.02. The molecule has 11 nitrogen and oxygen atoms in total. The number of nitrogens with zero attached hydrogens (tertiary/aromatic N) is 6. The van der Waals surface area contributed by atoms with Crippen molar-refractivity contribution in [3.05, 3.63) is 29.8 Å². The van der Waals surface area contributed by atoms with Gasteiger partial charge >= 0.3 is 5.97 Å². The van der Waals surface area contributed by atoms with Crippen molar-refractivity contribution >= 4 is 21.9 Å². The molecule has 0 bridgehead atoms. The fourth-order valence-corrected chi connectivity index (χ4v) is 4.53. The van der Waals surface area contributed by atoms with Crippen LogP contribution in [0.1, 0.15) is 16.2 Å². The van der Waals surface area contributed by atoms with Gasteiger partial charge in [0.1, 0.15) is 17.1 Å². The highest BCUT2D eigenvalue weighted by molar-refractivity contribution is 7.89. The van der Waals surface area contributed by atoms with E-state index in [9.17, 15) is 18.0 Å². The molecule has 1 fully saturated rings. The second kappa shape index (κ2) is 7.12. The second-order valence-corrected chi connectivity index (χ2v) is 8.09. The normalized spacial score (nSPS) is 15.9. The fourth-order valence-electron chi connectivity index (χ4n) is 2.92. The van der Waals surface area contributed by atoms with Gasteiger partial charge in [0, 0.05) is 39.4 Å². The van der Waals surface area contributed by atoms with Crippen LogP contribution in [-0.4, -0.2) is 80.3 Å². The molecule has 1 saturated heterocycles. The first kappa shape index (κ1) is 19.0. The molecular formula is C15H20N6O5S. The zero-order valence-corrected chi connectivity index (χ0v) is 15.8. The van der Waals surface area contributed by atoms with Crippen molar-refractivity contribution in [2.45, 2.75) is 18.4 Å². The smallest absolute Gasteiger partial charge is 0.354 e. The molecule has 0 radical (unpaired) electrons. The maximum atomic E-state index is 12.8. The lowest BCUT2D eigenvalue weighted by molar-refractivity contribution is -0.133. The summed E-state index contributed by atoms with van der Waals surface area (Å²) in [6.45, 7) is 2.25. The third-order valence-corrected chi connectivity index (χ3v) is 6.62. The zero-order valence-electron chi connectivity index (χ0n) is 14.9. The van der Waals surface area contributed by atoms with E-state index in [0.29, 0.717) is 5.69 Å². The maximum absolute atomic E-state index is 12.8. The van der Waals surface area contributed by atoms with Crippen molar-refractivity contribution in [1.29, 1.82) is 0 Å². The number of rotatable bonds is 5. The molecule has 0 spiro atoms. The van der Waals surface area contributed by atoms with Crippen molar-refractivity contribution in [2.75, 3.05) is 26.2 Å². The number of carboxylic acid groups (broad SMARTS) is 1. The SMILES string of the molecule is Cc1c(S(=O)(=O)N2CCN(C(=O)Cn3nccc3C(=O)O)CC2)cnn1C. The second-order valence-electron chi connectivity index (χ2n) is 6.18. The van der Waals surface area contributed by atoms with E-state index in [2.05, 4.69) is 10.2 Å². The van der Waals surface area contributed by atoms with E-state index >= 15 is 0 Å². The molecule has 0 saturated carbocycles. The molecule has 0 unspecified atom stereocenters. The van der Waals surface area contributed by atoms with E-state index in [1.165, 1.54) is 32.3 Å². The number of amides is 1. The Labute approximate surface area is 155 Å². The van der Waals surface area contributed by atoms with Gasteiger partial charge in [-0.3, -0.25) is 9.48 Å². The van der Waals surface area contributed by atoms with Crippen LogP contribution in [0.4, 0.5) is 0 Å². The quantitative estimate of drug-likeness (QED) is 0.697. The Balaban J connectivity index is 1.65. The average Bonchev–Trinajstić information content (AvgIpc) is 3.22. The molecule has 0 aliphatic carbocycles. The fraction of sp³-hybridized carbons (Fsp3) is 0.467. The number of aromatic nitrogens is 4. The number of hydrogen-bond acceptors (Lipinski definition) is 6. The minimum atomic E-state index is -3.67. The maximum Gasteiger partial charge on any atom is 0.354 e. The van der Waals surface area contributed by atoms with Gasteiger partial charge in [-0.15, -0.1) is 0 Å². The number of carbonyl (C=O) groups excluding carboxylic acids is 1. The van der Waals surface area contributed by atoms with Crippen LogP contribution in [0.5, 0.6) is 0 Å². The van der Waals surface area contributed by atoms with Gasteiger partial charge in [-0.05, 0) is 13.0 Å². The Morgan fingerprint density at radius 3 is 2.41 bits per heavy atom. The highest BCUT2D eigenvalue weighted by atomic mass is 32.2. The van der Waals surface area contributed by atoms with Crippen LogP contribution < -0.4 is 0 Å². The molecule has 12 heteroatoms. The number of aryl methyl sites for hydroxylation is 1. The van der Waals surface area contributed by atoms with Gasteiger partial charge in [-0.1, -0.05) is 0 Å². The average molecular weight is 396 g/mol. The molecule has 2 aromatic heterocycles. The zero-order chi connectivity index (χ0) is 19.8. The minimum absolute atomic E-state index is 0.0726. The molecular weight excluding hydrogens is 376 g/mol. The molecule has 1 N–H and O–H groups in total. The standard InChI is InChI=1S/C15H20N6O5S/c1-11-13(9-17-18(11)2)27(25,26)20-7-5-19(6-8-20)14(22)10-21-12(15(23)24)3-4-16-21/h3-4,9H,5-8,10H2,1-2H3,(H,23,24). The van der Waals surface area contributed by atoms with E-state index in [1.807, 2.05) is 0 Å². The number of hydrogen-bond donors (Lipinski definition) is 1. The van der Waals surface area contributed by atoms with Gasteiger partial charge < -0.3 is 10.0 Å². The van der Waals surface area contributed by atoms with Crippen LogP contribution in [0.3, 0.4) is 0 Å². The summed E-state index contributed by atoms with van der Waals surface area (Å²) in [4.78, 5) is 25.2. The Hall–Kier alpha value is -2.73. The number of piperazine rings is 1. The largest absolute Gasteiger partial charge is 0.477 e. The van der Waals surface area contributed by atoms with Crippen LogP contribution in [0.2, 0.25) is 0 Å². The van der Waals surface area contributed by atoms with E-state index in [4.69, 9.17) is 5.11 Å². The first-order chi connectivity index (χ1) is 12.7. The first-order valence-electron chi connectivity index (χ1n) is 8.23. The Morgan fingerprint density at radius 2 is 1.85 bits per heavy atom. The first-order valence-corrected chi connectivity index (χ1v) is 9.67. The topological polar surface area (TPSA) is 131 Å². The third-order valence-electron chi connectivity index (χ3n) is 4.62. The summed E-state index contributed by atoms with van der Waals surface area (Å²) < 4.78 is 29.5. The Morgan fingerprint density at radius 1 is 1.19 bits per heavy atom. The third kappa shape index (κ3) is 3.57. The van der Waals surface area contributed by atoms with Gasteiger partial charge in [0.05, 0.1) is 11.9 Å². The lowest BCUT2D eigenvalue weighted by Crippen LogP contribution is -2.51. The van der Waals surface area contributed by atoms with Gasteiger partial charge in [0.25, 0.3) is 0 Å². The van der Waals surface area contributed by atoms with Gasteiger partial charge in [0.2, 0.25) is 15.9 Å². The summed E-state index contributed by atoms with van der Waals surface area (Å²) in [5.41, 5.74) is 0.477. The van der Waals surface area contributed by atoms with E-state index < -0.39 is 16.0 Å². The molecule has 2 aromatic rings. The molecule has 27 heavy (non-hydrogen) atoms. The molecule has 146 valence electrons. The predicted octanol–water partition coefficient (Wildman–Crippen LogP) is -0.844. The number of sulfonamides is 1. The van der Waals surface area contributed by atoms with Crippen molar-refractivity contribution in [3.8, 4) is 0 Å². The van der Waals surface area contributed by atoms with Crippen LogP contribution in [0.25, 0.3) is 0 Å². The van der Waals surface area contributed by atoms with Crippen molar-refractivity contribution < 1.29 is 23.1 Å². The van der Waals surface area contributed by atoms with Crippen molar-refractivity contribution in [3.63, 3.8) is 0 Å². The number of carbonyl (C=O) groups is 2. The summed E-state index contributed by atoms with van der Waals surface area (Å²) >= 11 is 0. The van der Waals surface area contributed by atoms with E-state index in [-0.39, 0.29) is 49.2 Å². The molecule has 3 heterocycles. The minimum Gasteiger partial charge on any atom is -0.477 e. The Bertz CT molecular complexity index is 971. The molecule has 1 aliphatic rings. The van der Waals surface area contributed by atoms with Crippen LogP contribution >= 0.6 is 0 Å². The molecule has 1 aliphatic heterocycles. The monoisotopic (exact) mass is 396 g/mol. The molecule has 0 atom stereocenters. The van der Waals surface area contributed by atoms with E-state index in [1.54, 1.807) is 14.0 Å². The lowest BCUT2D eigenvalue weighted by Gasteiger charge is -2.34. The van der Waals surface area contributed by atoms with Gasteiger partial charge in [-0.25, -0.2) is 17.9 Å². The van der Waals surface area contributed by atoms with Crippen molar-refractivity contribution in [1.82, 2.24) is 28.8 Å². The summed E-state index contributed by atoms with van der Waals surface area (Å²) in [6, 6.07) is 1.32. The molecule has 0 aromatic carbocycles. The van der Waals surface area contributed by atoms with Gasteiger partial charge in [0.15, 0.2) is 0 Å². The van der Waals surface area contributed by atoms with E-state index in [0.717, 1.165) is 4.68 Å². The summed E-state index contributed by atoms with van der Waals surface area (Å²) in [5.74, 6) is -1.47. The molecule has 1 amide bonds. The lowest BCUT2D eigenvalue weighted by atomic mass is 10.3. The van der Waals surface area contributed by atoms with Crippen LogP contribution in [0, 0.1) is 6.92 Å². The summed E-state index contributed by atoms with van der Waals surface area (Å²) in [7, 11) is -2.00. The number of carboxylic acids is 1. The van der Waals surface area contributed by atoms with Gasteiger partial charge in [-0.2, -0.15) is 14.5 Å². The molecule has 3 rings (SSSR count). The van der Waals surface area contributed by atoms with Crippen LogP contribution in [-0.2, 0) is 28.4 Å². The highest BCUT2D eigenvalue weighted by Gasteiger charge is 2.32. The summed E-state index contributed by atoms with van der Waals surface area (Å²) in [5, 5.41) is 16.9. The number of aromatic carboxylic acids is 1.